The molecule has 2 aromatic rings. The van der Waals surface area contributed by atoms with Gasteiger partial charge < -0.3 is 9.84 Å². The molecule has 142 valence electrons. The number of hydrogen-bond acceptors (Lipinski definition) is 4. The topological polar surface area (TPSA) is 45.6 Å². The summed E-state index contributed by atoms with van der Waals surface area (Å²) in [6.07, 6.45) is 4.98. The maximum absolute atomic E-state index is 11.2. The molecule has 3 fully saturated rings. The lowest BCUT2D eigenvalue weighted by molar-refractivity contribution is -0.0562. The lowest BCUT2D eigenvalue weighted by atomic mass is 9.72. The number of nitrogens with zero attached hydrogens (tertiary/aromatic N) is 2. The van der Waals surface area contributed by atoms with Gasteiger partial charge in [-0.2, -0.15) is 0 Å². The first-order valence-electron chi connectivity index (χ1n) is 9.64. The average molecular weight is 377 g/mol. The fraction of sp³-hybridized carbons (Fsp3) is 0.571. The summed E-state index contributed by atoms with van der Waals surface area (Å²) in [5.41, 5.74) is 1.90. The summed E-state index contributed by atoms with van der Waals surface area (Å²) in [6, 6.07) is 8.16. The SMILES string of the molecule is CCOc1ccc2nccc([C@H](O)[C@H]3C[C@H]4CCN3C[C@H]4CC)c2c1.Cl. The molecule has 5 atom stereocenters. The predicted molar refractivity (Wildman–Crippen MR) is 107 cm³/mol. The van der Waals surface area contributed by atoms with Crippen LogP contribution in [0.3, 0.4) is 0 Å². The monoisotopic (exact) mass is 376 g/mol. The normalized spacial score (nSPS) is 28.6. The molecular formula is C21H29ClN2O2. The zero-order valence-corrected chi connectivity index (χ0v) is 16.4. The van der Waals surface area contributed by atoms with Gasteiger partial charge in [-0.15, -0.1) is 12.4 Å². The van der Waals surface area contributed by atoms with Gasteiger partial charge in [0.05, 0.1) is 18.2 Å². The van der Waals surface area contributed by atoms with Gasteiger partial charge in [-0.1, -0.05) is 13.3 Å². The second-order valence-electron chi connectivity index (χ2n) is 7.47. The van der Waals surface area contributed by atoms with Crippen molar-refractivity contribution in [3.05, 3.63) is 36.0 Å². The molecule has 0 amide bonds. The van der Waals surface area contributed by atoms with Crippen molar-refractivity contribution in [2.45, 2.75) is 45.3 Å². The molecule has 0 radical (unpaired) electrons. The maximum atomic E-state index is 11.2. The smallest absolute Gasteiger partial charge is 0.120 e. The Labute approximate surface area is 162 Å². The number of ether oxygens (including phenoxy) is 1. The van der Waals surface area contributed by atoms with E-state index in [0.29, 0.717) is 6.61 Å². The molecule has 4 heterocycles. The summed E-state index contributed by atoms with van der Waals surface area (Å²) >= 11 is 0. The van der Waals surface area contributed by atoms with Gasteiger partial charge >= 0.3 is 0 Å². The number of halogens is 1. The van der Waals surface area contributed by atoms with Crippen LogP contribution in [0.4, 0.5) is 0 Å². The molecule has 2 bridgehead atoms. The Bertz CT molecular complexity index is 754. The summed E-state index contributed by atoms with van der Waals surface area (Å²) < 4.78 is 5.65. The molecular weight excluding hydrogens is 348 g/mol. The number of aromatic nitrogens is 1. The fourth-order valence-electron chi connectivity index (χ4n) is 4.84. The van der Waals surface area contributed by atoms with Crippen LogP contribution in [0.15, 0.2) is 30.5 Å². The Hall–Kier alpha value is -1.36. The van der Waals surface area contributed by atoms with Crippen LogP contribution in [-0.2, 0) is 0 Å². The van der Waals surface area contributed by atoms with Crippen LogP contribution in [-0.4, -0.2) is 40.7 Å². The third kappa shape index (κ3) is 3.42. The number of fused-ring (bicyclic) bond motifs is 4. The highest BCUT2D eigenvalue weighted by Crippen LogP contribution is 2.42. The van der Waals surface area contributed by atoms with E-state index >= 15 is 0 Å². The summed E-state index contributed by atoms with van der Waals surface area (Å²) in [5, 5.41) is 12.2. The van der Waals surface area contributed by atoms with Gasteiger partial charge in [0.1, 0.15) is 5.75 Å². The molecule has 1 N–H and O–H groups in total. The second-order valence-corrected chi connectivity index (χ2v) is 7.47. The van der Waals surface area contributed by atoms with Crippen LogP contribution in [0.5, 0.6) is 5.75 Å². The number of aliphatic hydroxyl groups excluding tert-OH is 1. The number of aliphatic hydroxyl groups is 1. The molecule has 3 saturated heterocycles. The first-order valence-corrected chi connectivity index (χ1v) is 9.64. The van der Waals surface area contributed by atoms with E-state index in [-0.39, 0.29) is 18.4 Å². The van der Waals surface area contributed by atoms with Crippen molar-refractivity contribution in [1.82, 2.24) is 9.88 Å². The Balaban J connectivity index is 0.00000196. The molecule has 5 heteroatoms. The highest BCUT2D eigenvalue weighted by atomic mass is 35.5. The largest absolute Gasteiger partial charge is 0.494 e. The van der Waals surface area contributed by atoms with Crippen molar-refractivity contribution < 1.29 is 9.84 Å². The quantitative estimate of drug-likeness (QED) is 0.849. The summed E-state index contributed by atoms with van der Waals surface area (Å²) in [5.74, 6) is 2.41. The molecule has 26 heavy (non-hydrogen) atoms. The number of piperidine rings is 3. The average Bonchev–Trinajstić information content (AvgIpc) is 2.67. The van der Waals surface area contributed by atoms with Crippen LogP contribution in [0.25, 0.3) is 10.9 Å². The molecule has 3 aliphatic heterocycles. The van der Waals surface area contributed by atoms with E-state index in [1.165, 1.54) is 12.8 Å². The fourth-order valence-corrected chi connectivity index (χ4v) is 4.84. The minimum Gasteiger partial charge on any atom is -0.494 e. The minimum absolute atomic E-state index is 0. The van der Waals surface area contributed by atoms with Gasteiger partial charge in [0.15, 0.2) is 0 Å². The lowest BCUT2D eigenvalue weighted by Gasteiger charge is -2.51. The zero-order valence-electron chi connectivity index (χ0n) is 15.6. The van der Waals surface area contributed by atoms with Crippen molar-refractivity contribution in [2.75, 3.05) is 19.7 Å². The molecule has 1 aromatic heterocycles. The Morgan fingerprint density at radius 1 is 1.31 bits per heavy atom. The molecule has 5 rings (SSSR count). The van der Waals surface area contributed by atoms with E-state index in [1.54, 1.807) is 0 Å². The molecule has 4 nitrogen and oxygen atoms in total. The first-order chi connectivity index (χ1) is 12.2. The van der Waals surface area contributed by atoms with Gasteiger partial charge in [0, 0.05) is 24.2 Å². The maximum Gasteiger partial charge on any atom is 0.120 e. The first kappa shape index (κ1) is 19.4. The summed E-state index contributed by atoms with van der Waals surface area (Å²) in [7, 11) is 0. The minimum atomic E-state index is -0.469. The van der Waals surface area contributed by atoms with Crippen LogP contribution in [0.2, 0.25) is 0 Å². The molecule has 3 aliphatic rings. The van der Waals surface area contributed by atoms with Crippen molar-refractivity contribution >= 4 is 23.3 Å². The Kier molecular flexibility index (Phi) is 6.06. The number of pyridine rings is 1. The summed E-state index contributed by atoms with van der Waals surface area (Å²) in [4.78, 5) is 6.98. The standard InChI is InChI=1S/C21H28N2O2.ClH/c1-3-14-13-23-10-8-15(14)11-20(23)21(24)17-7-9-22-19-6-5-16(25-4-2)12-18(17)19;/h5-7,9,12,14-15,20-21,24H,3-4,8,10-11,13H2,1-2H3;1H/t14-,15-,20-,21+;/m1./s1. The van der Waals surface area contributed by atoms with Gasteiger partial charge in [-0.05, 0) is 68.0 Å². The van der Waals surface area contributed by atoms with Gasteiger partial charge in [-0.3, -0.25) is 9.88 Å². The number of benzene rings is 1. The second kappa shape index (κ2) is 8.12. The van der Waals surface area contributed by atoms with Crippen LogP contribution in [0, 0.1) is 11.8 Å². The molecule has 0 saturated carbocycles. The Morgan fingerprint density at radius 2 is 2.15 bits per heavy atom. The molecule has 0 aliphatic carbocycles. The Morgan fingerprint density at radius 3 is 2.85 bits per heavy atom. The van der Waals surface area contributed by atoms with Crippen LogP contribution in [0.1, 0.15) is 44.8 Å². The van der Waals surface area contributed by atoms with E-state index in [4.69, 9.17) is 4.74 Å². The van der Waals surface area contributed by atoms with E-state index in [9.17, 15) is 5.11 Å². The molecule has 1 unspecified atom stereocenters. The van der Waals surface area contributed by atoms with Crippen molar-refractivity contribution in [1.29, 1.82) is 0 Å². The molecule has 0 spiro atoms. The summed E-state index contributed by atoms with van der Waals surface area (Å²) in [6.45, 7) is 7.18. The van der Waals surface area contributed by atoms with Gasteiger partial charge in [0.25, 0.3) is 0 Å². The van der Waals surface area contributed by atoms with Crippen molar-refractivity contribution in [2.24, 2.45) is 11.8 Å². The highest BCUT2D eigenvalue weighted by Gasteiger charge is 2.42. The predicted octanol–water partition coefficient (Wildman–Crippen LogP) is 4.21. The van der Waals surface area contributed by atoms with Crippen molar-refractivity contribution in [3.8, 4) is 5.75 Å². The molecule has 1 aromatic carbocycles. The van der Waals surface area contributed by atoms with Gasteiger partial charge in [0.2, 0.25) is 0 Å². The van der Waals surface area contributed by atoms with Gasteiger partial charge in [-0.25, -0.2) is 0 Å². The van der Waals surface area contributed by atoms with E-state index in [0.717, 1.165) is 53.6 Å². The van der Waals surface area contributed by atoms with Crippen LogP contribution < -0.4 is 4.74 Å². The van der Waals surface area contributed by atoms with Crippen molar-refractivity contribution in [3.63, 3.8) is 0 Å². The van der Waals surface area contributed by atoms with Crippen LogP contribution >= 0.6 is 12.4 Å². The number of hydrogen-bond donors (Lipinski definition) is 1. The third-order valence-corrected chi connectivity index (χ3v) is 6.20. The third-order valence-electron chi connectivity index (χ3n) is 6.20. The van der Waals surface area contributed by atoms with E-state index < -0.39 is 6.10 Å². The van der Waals surface area contributed by atoms with E-state index in [2.05, 4.69) is 16.8 Å². The zero-order chi connectivity index (χ0) is 17.4. The number of rotatable bonds is 5. The lowest BCUT2D eigenvalue weighted by Crippen LogP contribution is -2.55. The highest BCUT2D eigenvalue weighted by molar-refractivity contribution is 5.85. The van der Waals surface area contributed by atoms with E-state index in [1.807, 2.05) is 37.4 Å².